The summed E-state index contributed by atoms with van der Waals surface area (Å²) in [6.45, 7) is 3.94. The number of aryl methyl sites for hydroxylation is 1. The summed E-state index contributed by atoms with van der Waals surface area (Å²) in [6.07, 6.45) is 3.13. The maximum absolute atomic E-state index is 13.3. The van der Waals surface area contributed by atoms with Crippen LogP contribution in [-0.2, 0) is 26.0 Å². The summed E-state index contributed by atoms with van der Waals surface area (Å²) in [5.41, 5.74) is 1.55. The topological polar surface area (TPSA) is 125 Å². The maximum atomic E-state index is 13.3. The van der Waals surface area contributed by atoms with Gasteiger partial charge in [0.15, 0.2) is 4.75 Å². The van der Waals surface area contributed by atoms with Gasteiger partial charge in [-0.3, -0.25) is 10.0 Å². The lowest BCUT2D eigenvalue weighted by atomic mass is 9.98. The Kier molecular flexibility index (Phi) is 6.86. The number of ether oxygens (including phenoxy) is 1. The Labute approximate surface area is 168 Å². The van der Waals surface area contributed by atoms with Crippen molar-refractivity contribution in [3.05, 3.63) is 5.01 Å². The lowest BCUT2D eigenvalue weighted by Crippen LogP contribution is -2.62. The fourth-order valence-electron chi connectivity index (χ4n) is 3.57. The number of piperazine rings is 1. The zero-order valence-corrected chi connectivity index (χ0v) is 17.6. The largest absolute Gasteiger partial charge is 0.381 e. The Bertz CT molecular complexity index is 770. The average Bonchev–Trinajstić information content (AvgIpc) is 3.21. The van der Waals surface area contributed by atoms with Crippen LogP contribution in [0.25, 0.3) is 0 Å². The molecule has 0 bridgehead atoms. The van der Waals surface area contributed by atoms with E-state index in [2.05, 4.69) is 17.1 Å². The van der Waals surface area contributed by atoms with Gasteiger partial charge < -0.3 is 9.64 Å². The predicted molar refractivity (Wildman–Crippen MR) is 104 cm³/mol. The first kappa shape index (κ1) is 21.4. The molecule has 2 saturated heterocycles. The zero-order chi connectivity index (χ0) is 20.2. The van der Waals surface area contributed by atoms with Gasteiger partial charge in [-0.2, -0.15) is 4.31 Å². The molecule has 158 valence electrons. The first-order valence-electron chi connectivity index (χ1n) is 9.54. The second-order valence-corrected chi connectivity index (χ2v) is 10.3. The zero-order valence-electron chi connectivity index (χ0n) is 16.0. The lowest BCUT2D eigenvalue weighted by Gasteiger charge is -2.41. The van der Waals surface area contributed by atoms with Crippen molar-refractivity contribution in [2.24, 2.45) is 0 Å². The summed E-state index contributed by atoms with van der Waals surface area (Å²) in [4.78, 5) is 14.3. The van der Waals surface area contributed by atoms with Crippen molar-refractivity contribution >= 4 is 32.4 Å². The molecule has 1 aromatic rings. The highest BCUT2D eigenvalue weighted by Crippen LogP contribution is 2.34. The smallest absolute Gasteiger partial charge is 0.266 e. The van der Waals surface area contributed by atoms with E-state index in [1.165, 1.54) is 4.31 Å². The second-order valence-electron chi connectivity index (χ2n) is 7.02. The number of rotatable bonds is 7. The number of unbranched alkanes of at least 4 members (excludes halogenated alkanes) is 1. The minimum absolute atomic E-state index is 0.0269. The van der Waals surface area contributed by atoms with Crippen LogP contribution < -0.4 is 10.4 Å². The third-order valence-electron chi connectivity index (χ3n) is 5.36. The molecule has 2 fully saturated rings. The fraction of sp³-hybridized carbons (Fsp3) is 0.812. The molecule has 0 aromatic carbocycles. The number of hydrogen-bond donors (Lipinski definition) is 2. The molecule has 28 heavy (non-hydrogen) atoms. The van der Waals surface area contributed by atoms with Crippen LogP contribution in [0.5, 0.6) is 0 Å². The molecule has 12 heteroatoms. The molecule has 2 aliphatic rings. The van der Waals surface area contributed by atoms with E-state index in [1.807, 2.05) is 4.90 Å². The molecule has 0 unspecified atom stereocenters. The van der Waals surface area contributed by atoms with Gasteiger partial charge in [0.1, 0.15) is 5.01 Å². The van der Waals surface area contributed by atoms with Gasteiger partial charge in [0.25, 0.3) is 5.91 Å². The lowest BCUT2D eigenvalue weighted by molar-refractivity contribution is -0.134. The van der Waals surface area contributed by atoms with Crippen molar-refractivity contribution < 1.29 is 23.2 Å². The van der Waals surface area contributed by atoms with Gasteiger partial charge in [-0.15, -0.1) is 10.2 Å². The van der Waals surface area contributed by atoms with Crippen LogP contribution in [0.4, 0.5) is 5.13 Å². The van der Waals surface area contributed by atoms with Crippen LogP contribution in [0.2, 0.25) is 0 Å². The molecule has 3 rings (SSSR count). The van der Waals surface area contributed by atoms with Gasteiger partial charge in [-0.25, -0.2) is 13.9 Å². The molecule has 10 nitrogen and oxygen atoms in total. The number of carbonyl (C=O) groups excluding carboxylic acids is 1. The number of hydroxylamine groups is 1. The first-order valence-corrected chi connectivity index (χ1v) is 11.8. The van der Waals surface area contributed by atoms with Crippen LogP contribution >= 0.6 is 11.3 Å². The van der Waals surface area contributed by atoms with E-state index in [9.17, 15) is 13.2 Å². The van der Waals surface area contributed by atoms with Crippen molar-refractivity contribution in [3.63, 3.8) is 0 Å². The molecule has 2 N–H and O–H groups in total. The Morgan fingerprint density at radius 3 is 2.54 bits per heavy atom. The summed E-state index contributed by atoms with van der Waals surface area (Å²) in [5.74, 6) is -0.886. The SMILES string of the molecule is CCCCc1nnc(N2CCN(S(=O)(=O)C3(C(=O)NO)CCOCC3)CC2)s1. The number of anilines is 1. The highest BCUT2D eigenvalue weighted by Gasteiger charge is 2.54. The summed E-state index contributed by atoms with van der Waals surface area (Å²) >= 11 is 1.55. The van der Waals surface area contributed by atoms with E-state index in [4.69, 9.17) is 9.94 Å². The molecular weight excluding hydrogens is 406 g/mol. The number of carbonyl (C=O) groups is 1. The van der Waals surface area contributed by atoms with Gasteiger partial charge in [-0.1, -0.05) is 24.7 Å². The van der Waals surface area contributed by atoms with Gasteiger partial charge in [-0.05, 0) is 6.42 Å². The maximum Gasteiger partial charge on any atom is 0.266 e. The highest BCUT2D eigenvalue weighted by molar-refractivity contribution is 7.91. The number of aromatic nitrogens is 2. The van der Waals surface area contributed by atoms with E-state index in [1.54, 1.807) is 16.8 Å². The van der Waals surface area contributed by atoms with E-state index in [0.717, 1.165) is 29.4 Å². The molecule has 0 aliphatic carbocycles. The minimum Gasteiger partial charge on any atom is -0.381 e. The Balaban J connectivity index is 1.69. The number of hydrogen-bond acceptors (Lipinski definition) is 9. The molecule has 0 spiro atoms. The number of nitrogens with zero attached hydrogens (tertiary/aromatic N) is 4. The standard InChI is InChI=1S/C16H27N5O5S2/c1-2-3-4-13-17-18-15(27-13)20-7-9-21(10-8-20)28(24,25)16(14(22)19-23)5-11-26-12-6-16/h23H,2-12H2,1H3,(H,19,22). The predicted octanol–water partition coefficient (Wildman–Crippen LogP) is 0.387. The van der Waals surface area contributed by atoms with Gasteiger partial charge >= 0.3 is 0 Å². The Hall–Kier alpha value is -1.34. The van der Waals surface area contributed by atoms with E-state index >= 15 is 0 Å². The van der Waals surface area contributed by atoms with E-state index in [-0.39, 0.29) is 39.1 Å². The van der Waals surface area contributed by atoms with Crippen LogP contribution in [0.1, 0.15) is 37.6 Å². The van der Waals surface area contributed by atoms with Crippen molar-refractivity contribution in [3.8, 4) is 0 Å². The molecule has 3 heterocycles. The molecular formula is C16H27N5O5S2. The monoisotopic (exact) mass is 433 g/mol. The second kappa shape index (κ2) is 8.99. The number of amides is 1. The first-order chi connectivity index (χ1) is 13.4. The van der Waals surface area contributed by atoms with E-state index in [0.29, 0.717) is 13.1 Å². The highest BCUT2D eigenvalue weighted by atomic mass is 32.2. The minimum atomic E-state index is -3.95. The van der Waals surface area contributed by atoms with Gasteiger partial charge in [0.2, 0.25) is 15.2 Å². The van der Waals surface area contributed by atoms with Crippen LogP contribution in [0, 0.1) is 0 Å². The number of sulfonamides is 1. The third kappa shape index (κ3) is 4.01. The van der Waals surface area contributed by atoms with Gasteiger partial charge in [0, 0.05) is 58.7 Å². The molecule has 1 amide bonds. The quantitative estimate of drug-likeness (QED) is 0.467. The summed E-state index contributed by atoms with van der Waals surface area (Å²) in [5, 5.41) is 19.4. The molecule has 0 atom stereocenters. The van der Waals surface area contributed by atoms with Crippen molar-refractivity contribution in [1.29, 1.82) is 0 Å². The van der Waals surface area contributed by atoms with Gasteiger partial charge in [0.05, 0.1) is 0 Å². The number of nitrogens with one attached hydrogen (secondary N) is 1. The summed E-state index contributed by atoms with van der Waals surface area (Å²) in [7, 11) is -3.95. The molecule has 2 aliphatic heterocycles. The molecule has 0 saturated carbocycles. The molecule has 1 aromatic heterocycles. The average molecular weight is 434 g/mol. The fourth-order valence-corrected chi connectivity index (χ4v) is 6.61. The van der Waals surface area contributed by atoms with Crippen LogP contribution in [-0.4, -0.2) is 78.2 Å². The third-order valence-corrected chi connectivity index (χ3v) is 9.03. The van der Waals surface area contributed by atoms with E-state index < -0.39 is 20.7 Å². The summed E-state index contributed by atoms with van der Waals surface area (Å²) < 4.78 is 31.5. The van der Waals surface area contributed by atoms with Crippen molar-refractivity contribution in [2.75, 3.05) is 44.3 Å². The summed E-state index contributed by atoms with van der Waals surface area (Å²) in [6, 6.07) is 0. The molecule has 0 radical (unpaired) electrons. The Morgan fingerprint density at radius 1 is 1.25 bits per heavy atom. The normalized spacial score (nSPS) is 20.9. The van der Waals surface area contributed by atoms with Crippen LogP contribution in [0.3, 0.4) is 0 Å². The van der Waals surface area contributed by atoms with Crippen molar-refractivity contribution in [1.82, 2.24) is 20.0 Å². The van der Waals surface area contributed by atoms with Crippen molar-refractivity contribution in [2.45, 2.75) is 43.8 Å². The van der Waals surface area contributed by atoms with Crippen LogP contribution in [0.15, 0.2) is 0 Å². The Morgan fingerprint density at radius 2 is 1.93 bits per heavy atom.